The van der Waals surface area contributed by atoms with Gasteiger partial charge in [0.25, 0.3) is 0 Å². The number of ether oxygens (including phenoxy) is 1. The molecule has 0 spiro atoms. The highest BCUT2D eigenvalue weighted by molar-refractivity contribution is 6.08. The van der Waals surface area contributed by atoms with Crippen molar-refractivity contribution in [3.8, 4) is 5.75 Å². The minimum absolute atomic E-state index is 0.985. The summed E-state index contributed by atoms with van der Waals surface area (Å²) < 4.78 is 5.64. The summed E-state index contributed by atoms with van der Waals surface area (Å²) in [5, 5.41) is 5.01. The van der Waals surface area contributed by atoms with Crippen LogP contribution in [0.4, 0.5) is 0 Å². The Labute approximate surface area is 107 Å². The zero-order chi connectivity index (χ0) is 12.5. The molecule has 0 atom stereocenters. The number of benzene rings is 3. The summed E-state index contributed by atoms with van der Waals surface area (Å²) >= 11 is 0. The highest BCUT2D eigenvalue weighted by Crippen LogP contribution is 2.38. The lowest BCUT2D eigenvalue weighted by molar-refractivity contribution is 0.424. The summed E-state index contributed by atoms with van der Waals surface area (Å²) in [4.78, 5) is 0. The van der Waals surface area contributed by atoms with Gasteiger partial charge in [0, 0.05) is 10.8 Å². The molecule has 0 amide bonds. The van der Waals surface area contributed by atoms with Crippen LogP contribution < -0.4 is 4.74 Å². The second kappa shape index (κ2) is 4.34. The predicted molar refractivity (Wildman–Crippen MR) is 77.4 cm³/mol. The van der Waals surface area contributed by atoms with E-state index < -0.39 is 0 Å². The van der Waals surface area contributed by atoms with Crippen LogP contribution >= 0.6 is 0 Å². The van der Waals surface area contributed by atoms with Gasteiger partial charge in [-0.2, -0.15) is 0 Å². The molecule has 0 aromatic heterocycles. The van der Waals surface area contributed by atoms with Gasteiger partial charge < -0.3 is 4.74 Å². The molecule has 3 aromatic carbocycles. The quantitative estimate of drug-likeness (QED) is 0.592. The van der Waals surface area contributed by atoms with E-state index in [4.69, 9.17) is 4.74 Å². The van der Waals surface area contributed by atoms with E-state index in [0.717, 1.165) is 12.2 Å². The van der Waals surface area contributed by atoms with E-state index in [9.17, 15) is 0 Å². The van der Waals surface area contributed by atoms with Gasteiger partial charge in [0.05, 0.1) is 7.11 Å². The third-order valence-corrected chi connectivity index (χ3v) is 3.55. The molecule has 0 aliphatic carbocycles. The molecule has 1 heteroatoms. The van der Waals surface area contributed by atoms with Gasteiger partial charge in [-0.1, -0.05) is 55.5 Å². The first kappa shape index (κ1) is 11.1. The Kier molecular flexibility index (Phi) is 2.67. The lowest BCUT2D eigenvalue weighted by atomic mass is 9.94. The molecule has 3 aromatic rings. The zero-order valence-electron chi connectivity index (χ0n) is 10.7. The number of hydrogen-bond acceptors (Lipinski definition) is 1. The van der Waals surface area contributed by atoms with Gasteiger partial charge in [-0.15, -0.1) is 0 Å². The fourth-order valence-corrected chi connectivity index (χ4v) is 2.78. The van der Waals surface area contributed by atoms with Crippen molar-refractivity contribution < 1.29 is 4.74 Å². The summed E-state index contributed by atoms with van der Waals surface area (Å²) in [6, 6.07) is 17.0. The van der Waals surface area contributed by atoms with Gasteiger partial charge in [0.15, 0.2) is 0 Å². The van der Waals surface area contributed by atoms with E-state index in [1.54, 1.807) is 7.11 Å². The third-order valence-electron chi connectivity index (χ3n) is 3.55. The van der Waals surface area contributed by atoms with E-state index in [1.807, 2.05) is 0 Å². The standard InChI is InChI=1S/C17H16O/c1-3-12-13-8-4-6-10-15(13)17(18-2)16-11-7-5-9-14(12)16/h4-11H,3H2,1-2H3. The van der Waals surface area contributed by atoms with Crippen molar-refractivity contribution in [1.29, 1.82) is 0 Å². The van der Waals surface area contributed by atoms with Crippen LogP contribution in [0.1, 0.15) is 12.5 Å². The lowest BCUT2D eigenvalue weighted by Crippen LogP contribution is -1.92. The Morgan fingerprint density at radius 2 is 1.22 bits per heavy atom. The van der Waals surface area contributed by atoms with Gasteiger partial charge in [-0.05, 0) is 22.8 Å². The average Bonchev–Trinajstić information content (AvgIpc) is 2.44. The van der Waals surface area contributed by atoms with Crippen LogP contribution in [0.2, 0.25) is 0 Å². The Balaban J connectivity index is 2.61. The topological polar surface area (TPSA) is 9.23 Å². The van der Waals surface area contributed by atoms with Crippen LogP contribution in [0, 0.1) is 0 Å². The van der Waals surface area contributed by atoms with Crippen LogP contribution in [-0.4, -0.2) is 7.11 Å². The van der Waals surface area contributed by atoms with Crippen LogP contribution in [0.3, 0.4) is 0 Å². The maximum atomic E-state index is 5.64. The van der Waals surface area contributed by atoms with Crippen molar-refractivity contribution in [2.24, 2.45) is 0 Å². The van der Waals surface area contributed by atoms with Crippen molar-refractivity contribution in [2.45, 2.75) is 13.3 Å². The summed E-state index contributed by atoms with van der Waals surface area (Å²) in [6.07, 6.45) is 1.03. The van der Waals surface area contributed by atoms with E-state index in [0.29, 0.717) is 0 Å². The highest BCUT2D eigenvalue weighted by atomic mass is 16.5. The molecule has 0 unspecified atom stereocenters. The summed E-state index contributed by atoms with van der Waals surface area (Å²) in [7, 11) is 1.75. The van der Waals surface area contributed by atoms with Crippen LogP contribution in [0.15, 0.2) is 48.5 Å². The smallest absolute Gasteiger partial charge is 0.134 e. The third kappa shape index (κ3) is 1.47. The van der Waals surface area contributed by atoms with Crippen molar-refractivity contribution in [3.05, 3.63) is 54.1 Å². The van der Waals surface area contributed by atoms with Crippen LogP contribution in [0.25, 0.3) is 21.5 Å². The molecule has 0 N–H and O–H groups in total. The second-order valence-electron chi connectivity index (χ2n) is 4.46. The fraction of sp³-hybridized carbons (Fsp3) is 0.176. The van der Waals surface area contributed by atoms with Crippen molar-refractivity contribution in [1.82, 2.24) is 0 Å². The maximum Gasteiger partial charge on any atom is 0.134 e. The maximum absolute atomic E-state index is 5.64. The SMILES string of the molecule is CCc1c2ccccc2c(OC)c2ccccc12. The lowest BCUT2D eigenvalue weighted by Gasteiger charge is -2.14. The molecule has 1 nitrogen and oxygen atoms in total. The van der Waals surface area contributed by atoms with Crippen molar-refractivity contribution in [2.75, 3.05) is 7.11 Å². The van der Waals surface area contributed by atoms with Crippen LogP contribution in [0.5, 0.6) is 5.75 Å². The van der Waals surface area contributed by atoms with E-state index in [1.165, 1.54) is 27.1 Å². The Morgan fingerprint density at radius 3 is 1.61 bits per heavy atom. The molecule has 0 saturated carbocycles. The number of rotatable bonds is 2. The minimum Gasteiger partial charge on any atom is -0.495 e. The molecule has 0 aliphatic rings. The number of fused-ring (bicyclic) bond motifs is 2. The molecule has 0 fully saturated rings. The fourth-order valence-electron chi connectivity index (χ4n) is 2.78. The summed E-state index contributed by atoms with van der Waals surface area (Å²) in [5.74, 6) is 0.985. The van der Waals surface area contributed by atoms with Crippen molar-refractivity contribution >= 4 is 21.5 Å². The summed E-state index contributed by atoms with van der Waals surface area (Å²) in [5.41, 5.74) is 1.40. The zero-order valence-corrected chi connectivity index (χ0v) is 10.7. The molecular weight excluding hydrogens is 220 g/mol. The molecule has 0 bridgehead atoms. The molecule has 0 saturated heterocycles. The second-order valence-corrected chi connectivity index (χ2v) is 4.46. The molecular formula is C17H16O. The predicted octanol–water partition coefficient (Wildman–Crippen LogP) is 4.56. The van der Waals surface area contributed by atoms with E-state index in [2.05, 4.69) is 55.5 Å². The van der Waals surface area contributed by atoms with Gasteiger partial charge in [-0.25, -0.2) is 0 Å². The largest absolute Gasteiger partial charge is 0.495 e. The van der Waals surface area contributed by atoms with E-state index >= 15 is 0 Å². The monoisotopic (exact) mass is 236 g/mol. The van der Waals surface area contributed by atoms with Gasteiger partial charge >= 0.3 is 0 Å². The highest BCUT2D eigenvalue weighted by Gasteiger charge is 2.12. The number of methoxy groups -OCH3 is 1. The Hall–Kier alpha value is -2.02. The first-order chi connectivity index (χ1) is 8.86. The summed E-state index contributed by atoms with van der Waals surface area (Å²) in [6.45, 7) is 2.21. The van der Waals surface area contributed by atoms with Gasteiger partial charge in [0.2, 0.25) is 0 Å². The normalized spacial score (nSPS) is 11.0. The molecule has 0 aliphatic heterocycles. The first-order valence-electron chi connectivity index (χ1n) is 6.33. The first-order valence-corrected chi connectivity index (χ1v) is 6.33. The van der Waals surface area contributed by atoms with Gasteiger partial charge in [-0.3, -0.25) is 0 Å². The molecule has 90 valence electrons. The molecule has 0 radical (unpaired) electrons. The Morgan fingerprint density at radius 1 is 0.778 bits per heavy atom. The number of aryl methyl sites for hydroxylation is 1. The minimum atomic E-state index is 0.985. The average molecular weight is 236 g/mol. The van der Waals surface area contributed by atoms with E-state index in [-0.39, 0.29) is 0 Å². The molecule has 0 heterocycles. The Bertz CT molecular complexity index is 594. The molecule has 18 heavy (non-hydrogen) atoms. The van der Waals surface area contributed by atoms with Crippen molar-refractivity contribution in [3.63, 3.8) is 0 Å². The number of hydrogen-bond donors (Lipinski definition) is 0. The van der Waals surface area contributed by atoms with Crippen LogP contribution in [-0.2, 0) is 6.42 Å². The van der Waals surface area contributed by atoms with Gasteiger partial charge in [0.1, 0.15) is 5.75 Å². The molecule has 3 rings (SSSR count).